The van der Waals surface area contributed by atoms with Crippen LogP contribution in [0.3, 0.4) is 0 Å². The van der Waals surface area contributed by atoms with E-state index in [4.69, 9.17) is 0 Å². The van der Waals surface area contributed by atoms with Crippen molar-refractivity contribution in [1.29, 1.82) is 0 Å². The summed E-state index contributed by atoms with van der Waals surface area (Å²) in [4.78, 5) is 0. The molecule has 0 N–H and O–H groups in total. The Balaban J connectivity index is 0.000000457. The van der Waals surface area contributed by atoms with Crippen molar-refractivity contribution in [3.05, 3.63) is 57.8 Å². The van der Waals surface area contributed by atoms with Crippen LogP contribution in [-0.2, 0) is 17.3 Å². The van der Waals surface area contributed by atoms with E-state index < -0.39 is 0 Å². The number of hydrogen-bond acceptors (Lipinski definition) is 0. The predicted molar refractivity (Wildman–Crippen MR) is 64.8 cm³/mol. The fraction of sp³-hybridized carbons (Fsp3) is 0. The fourth-order valence-corrected chi connectivity index (χ4v) is 1.68. The fourth-order valence-electron chi connectivity index (χ4n) is 1.68. The topological polar surface area (TPSA) is 28.2 Å². The third kappa shape index (κ3) is 2.06. The summed E-state index contributed by atoms with van der Waals surface area (Å²) in [5.74, 6) is 0. The summed E-state index contributed by atoms with van der Waals surface area (Å²) >= 11 is 1.82. The molecule has 0 unspecified atom stereocenters. The number of rotatable bonds is 0. The number of allylic oxidation sites excluding steroid dienone is 2. The summed E-state index contributed by atoms with van der Waals surface area (Å²) in [6, 6.07) is 4.15. The van der Waals surface area contributed by atoms with E-state index >= 15 is 0 Å². The van der Waals surface area contributed by atoms with Crippen LogP contribution in [0.4, 0.5) is 11.4 Å². The van der Waals surface area contributed by atoms with E-state index in [1.807, 2.05) is 29.5 Å². The molecule has 0 aromatic heterocycles. The second-order valence-corrected chi connectivity index (χ2v) is 3.22. The van der Waals surface area contributed by atoms with E-state index in [9.17, 15) is 0 Å². The van der Waals surface area contributed by atoms with Crippen molar-refractivity contribution in [2.45, 2.75) is 0 Å². The Morgan fingerprint density at radius 3 is 1.69 bits per heavy atom. The molecule has 2 nitrogen and oxygen atoms in total. The van der Waals surface area contributed by atoms with Gasteiger partial charge in [0, 0.05) is 0 Å². The molecule has 81 valence electrons. The van der Waals surface area contributed by atoms with Crippen molar-refractivity contribution < 1.29 is 17.3 Å². The molecule has 0 saturated heterocycles. The van der Waals surface area contributed by atoms with E-state index in [0.29, 0.717) is 0 Å². The average Bonchev–Trinajstić information content (AvgIpc) is 2.41. The molecule has 0 bridgehead atoms. The van der Waals surface area contributed by atoms with Crippen molar-refractivity contribution in [3.63, 3.8) is 0 Å². The molecule has 0 aliphatic carbocycles. The summed E-state index contributed by atoms with van der Waals surface area (Å²) in [7, 11) is 4.57. The minimum atomic E-state index is 0.977. The van der Waals surface area contributed by atoms with Gasteiger partial charge in [-0.2, -0.15) is 12.4 Å². The van der Waals surface area contributed by atoms with Crippen LogP contribution in [0.25, 0.3) is 22.8 Å². The quantitative estimate of drug-likeness (QED) is 0.658. The molecule has 0 fully saturated rings. The Morgan fingerprint density at radius 1 is 0.812 bits per heavy atom. The van der Waals surface area contributed by atoms with Crippen molar-refractivity contribution in [1.82, 2.24) is 0 Å². The number of halogens is 1. The maximum absolute atomic E-state index is 4.57. The van der Waals surface area contributed by atoms with E-state index in [0.717, 1.165) is 21.8 Å². The Morgan fingerprint density at radius 2 is 1.25 bits per heavy atom. The first-order chi connectivity index (χ1) is 7.95. The standard InChI is InChI=1S/C12H8N2.ClH.Ru/c1-3-9-5-6-10-4-2-8-14-12(10)11(9)13-7-1;;/h1-8H;1H;/q-2;;+3/p-1. The summed E-state index contributed by atoms with van der Waals surface area (Å²) < 4.78 is 0. The zero-order chi connectivity index (χ0) is 11.4. The van der Waals surface area contributed by atoms with Crippen molar-refractivity contribution in [3.8, 4) is 0 Å². The predicted octanol–water partition coefficient (Wildman–Crippen LogP) is 3.00. The molecule has 2 aliphatic heterocycles. The van der Waals surface area contributed by atoms with E-state index in [1.165, 1.54) is 0 Å². The normalized spacial score (nSPS) is 13.8. The molecule has 1 aromatic carbocycles. The van der Waals surface area contributed by atoms with Gasteiger partial charge < -0.3 is 10.6 Å². The maximum atomic E-state index is 4.57. The summed E-state index contributed by atoms with van der Waals surface area (Å²) in [6.45, 7) is 0. The molecule has 0 atom stereocenters. The molecular weight excluding hydrogens is 309 g/mol. The molecule has 2 heterocycles. The van der Waals surface area contributed by atoms with Crippen LogP contribution in [0.5, 0.6) is 0 Å². The van der Waals surface area contributed by atoms with Gasteiger partial charge in [-0.3, -0.25) is 0 Å². The Bertz CT molecular complexity index is 510. The molecule has 0 spiro atoms. The number of hydrogen-bond donors (Lipinski definition) is 0. The molecule has 0 saturated carbocycles. The number of benzene rings is 1. The van der Waals surface area contributed by atoms with E-state index in [1.54, 1.807) is 12.4 Å². The van der Waals surface area contributed by atoms with Crippen LogP contribution in [0.1, 0.15) is 0 Å². The van der Waals surface area contributed by atoms with Crippen molar-refractivity contribution in [2.75, 3.05) is 0 Å². The number of fused-ring (bicyclic) bond motifs is 3. The first-order valence-corrected chi connectivity index (χ1v) is 6.91. The van der Waals surface area contributed by atoms with Crippen LogP contribution < -0.4 is 10.4 Å². The molecule has 1 aromatic rings. The van der Waals surface area contributed by atoms with Gasteiger partial charge in [-0.1, -0.05) is 36.4 Å². The van der Waals surface area contributed by atoms with Gasteiger partial charge >= 0.3 is 27.0 Å². The Hall–Kier alpha value is -1.05. The van der Waals surface area contributed by atoms with Crippen LogP contribution in [0.15, 0.2) is 36.7 Å². The first-order valence-electron chi connectivity index (χ1n) is 4.67. The SMILES string of the molecule is C1=C[N-]c2c3c(ccc2=C1)=CC=C[N-]3.[Cl][Ru+2]. The van der Waals surface area contributed by atoms with Crippen molar-refractivity contribution >= 4 is 33.2 Å². The van der Waals surface area contributed by atoms with Gasteiger partial charge in [-0.25, -0.2) is 0 Å². The number of nitrogens with zero attached hydrogens (tertiary/aromatic N) is 2. The van der Waals surface area contributed by atoms with Gasteiger partial charge in [0.1, 0.15) is 0 Å². The van der Waals surface area contributed by atoms with Gasteiger partial charge in [0.15, 0.2) is 0 Å². The second-order valence-electron chi connectivity index (χ2n) is 3.22. The Kier molecular flexibility index (Phi) is 3.81. The molecular formula is C12H8ClN2Ru. The van der Waals surface area contributed by atoms with Crippen LogP contribution in [0.2, 0.25) is 0 Å². The Labute approximate surface area is 108 Å². The molecule has 0 amide bonds. The molecule has 0 radical (unpaired) electrons. The molecule has 16 heavy (non-hydrogen) atoms. The minimum absolute atomic E-state index is 0.977. The zero-order valence-corrected chi connectivity index (χ0v) is 10.7. The third-order valence-electron chi connectivity index (χ3n) is 2.34. The summed E-state index contributed by atoms with van der Waals surface area (Å²) in [5, 5.41) is 11.0. The van der Waals surface area contributed by atoms with Gasteiger partial charge in [0.25, 0.3) is 0 Å². The third-order valence-corrected chi connectivity index (χ3v) is 2.34. The van der Waals surface area contributed by atoms with Gasteiger partial charge in [-0.15, -0.1) is 11.4 Å². The molecule has 4 heteroatoms. The molecule has 3 rings (SSSR count). The van der Waals surface area contributed by atoms with E-state index in [-0.39, 0.29) is 0 Å². The van der Waals surface area contributed by atoms with Gasteiger partial charge in [0.05, 0.1) is 0 Å². The van der Waals surface area contributed by atoms with E-state index in [2.05, 4.69) is 44.6 Å². The second kappa shape index (κ2) is 5.33. The summed E-state index contributed by atoms with van der Waals surface area (Å²) in [5.41, 5.74) is 1.95. The first kappa shape index (κ1) is 11.4. The zero-order valence-electron chi connectivity index (χ0n) is 8.24. The van der Waals surface area contributed by atoms with Gasteiger partial charge in [-0.05, 0) is 10.4 Å². The van der Waals surface area contributed by atoms with Crippen LogP contribution >= 0.6 is 9.69 Å². The van der Waals surface area contributed by atoms with Crippen LogP contribution in [-0.4, -0.2) is 0 Å². The van der Waals surface area contributed by atoms with Gasteiger partial charge in [0.2, 0.25) is 0 Å². The molecule has 2 aliphatic rings. The summed E-state index contributed by atoms with van der Waals surface area (Å²) in [6.07, 6.45) is 11.6. The van der Waals surface area contributed by atoms with Crippen LogP contribution in [0, 0.1) is 0 Å². The monoisotopic (exact) mass is 317 g/mol. The van der Waals surface area contributed by atoms with Crippen molar-refractivity contribution in [2.24, 2.45) is 0 Å². The average molecular weight is 317 g/mol.